The van der Waals surface area contributed by atoms with Gasteiger partial charge in [-0.2, -0.15) is 0 Å². The standard InChI is InChI=1S/C9H9ClN4/c10-9-13-7-6(11)3-4-12-8(7)14(9)5-1-2-5/h3-5H,1-2H2,(H2,11,12). The average molecular weight is 209 g/mol. The number of aromatic nitrogens is 3. The third kappa shape index (κ3) is 1.00. The van der Waals surface area contributed by atoms with E-state index in [0.717, 1.165) is 18.5 Å². The maximum absolute atomic E-state index is 6.03. The first-order valence-corrected chi connectivity index (χ1v) is 4.93. The smallest absolute Gasteiger partial charge is 0.205 e. The molecule has 72 valence electrons. The van der Waals surface area contributed by atoms with Crippen LogP contribution < -0.4 is 5.73 Å². The Morgan fingerprint density at radius 3 is 3.00 bits per heavy atom. The number of halogens is 1. The molecule has 2 aromatic rings. The molecule has 5 heteroatoms. The summed E-state index contributed by atoms with van der Waals surface area (Å²) in [4.78, 5) is 8.47. The predicted molar refractivity (Wildman–Crippen MR) is 55.2 cm³/mol. The van der Waals surface area contributed by atoms with Crippen LogP contribution >= 0.6 is 11.6 Å². The summed E-state index contributed by atoms with van der Waals surface area (Å²) in [6.07, 6.45) is 4.00. The normalized spacial score (nSPS) is 16.4. The summed E-state index contributed by atoms with van der Waals surface area (Å²) < 4.78 is 1.97. The van der Waals surface area contributed by atoms with Crippen molar-refractivity contribution in [1.82, 2.24) is 14.5 Å². The SMILES string of the molecule is Nc1ccnc2c1nc(Cl)n2C1CC1. The molecule has 1 saturated carbocycles. The number of nitrogens with zero attached hydrogens (tertiary/aromatic N) is 3. The molecule has 0 spiro atoms. The number of rotatable bonds is 1. The van der Waals surface area contributed by atoms with Crippen LogP contribution in [0, 0.1) is 0 Å². The van der Waals surface area contributed by atoms with Crippen molar-refractivity contribution in [3.63, 3.8) is 0 Å². The van der Waals surface area contributed by atoms with Gasteiger partial charge in [0.15, 0.2) is 5.65 Å². The number of anilines is 1. The molecule has 0 unspecified atom stereocenters. The van der Waals surface area contributed by atoms with Crippen LogP contribution in [0.15, 0.2) is 12.3 Å². The van der Waals surface area contributed by atoms with Gasteiger partial charge in [0.2, 0.25) is 5.28 Å². The third-order valence-electron chi connectivity index (χ3n) is 2.48. The minimum absolute atomic E-state index is 0.474. The third-order valence-corrected chi connectivity index (χ3v) is 2.75. The van der Waals surface area contributed by atoms with Crippen LogP contribution in [0.2, 0.25) is 5.28 Å². The molecule has 0 aliphatic heterocycles. The molecular formula is C9H9ClN4. The van der Waals surface area contributed by atoms with Crippen molar-refractivity contribution in [3.05, 3.63) is 17.5 Å². The average Bonchev–Trinajstić information content (AvgIpc) is 2.91. The Balaban J connectivity index is 2.37. The number of fused-ring (bicyclic) bond motifs is 1. The van der Waals surface area contributed by atoms with E-state index in [2.05, 4.69) is 9.97 Å². The van der Waals surface area contributed by atoms with Crippen molar-refractivity contribution >= 4 is 28.5 Å². The lowest BCUT2D eigenvalue weighted by molar-refractivity contribution is 0.758. The number of pyridine rings is 1. The Bertz CT molecular complexity index is 501. The molecule has 2 aromatic heterocycles. The molecule has 0 aromatic carbocycles. The van der Waals surface area contributed by atoms with Crippen molar-refractivity contribution in [2.45, 2.75) is 18.9 Å². The van der Waals surface area contributed by atoms with Crippen LogP contribution in [-0.4, -0.2) is 14.5 Å². The van der Waals surface area contributed by atoms with E-state index in [1.807, 2.05) is 4.57 Å². The van der Waals surface area contributed by atoms with E-state index < -0.39 is 0 Å². The molecule has 3 rings (SSSR count). The molecule has 2 N–H and O–H groups in total. The first kappa shape index (κ1) is 8.05. The van der Waals surface area contributed by atoms with Gasteiger partial charge in [-0.25, -0.2) is 9.97 Å². The Morgan fingerprint density at radius 2 is 2.29 bits per heavy atom. The lowest BCUT2D eigenvalue weighted by atomic mass is 10.4. The maximum atomic E-state index is 6.03. The van der Waals surface area contributed by atoms with Crippen molar-refractivity contribution in [2.75, 3.05) is 5.73 Å². The molecule has 0 amide bonds. The van der Waals surface area contributed by atoms with Crippen molar-refractivity contribution in [2.24, 2.45) is 0 Å². The predicted octanol–water partition coefficient (Wildman–Crippen LogP) is 2.00. The Labute approximate surface area is 85.7 Å². The van der Waals surface area contributed by atoms with Gasteiger partial charge in [0, 0.05) is 12.2 Å². The highest BCUT2D eigenvalue weighted by atomic mass is 35.5. The van der Waals surface area contributed by atoms with Gasteiger partial charge in [0.1, 0.15) is 5.52 Å². The molecule has 0 radical (unpaired) electrons. The van der Waals surface area contributed by atoms with Crippen LogP contribution in [0.3, 0.4) is 0 Å². The van der Waals surface area contributed by atoms with Crippen molar-refractivity contribution in [1.29, 1.82) is 0 Å². The summed E-state index contributed by atoms with van der Waals surface area (Å²) in [7, 11) is 0. The molecule has 2 heterocycles. The lowest BCUT2D eigenvalue weighted by Crippen LogP contribution is -1.95. The highest BCUT2D eigenvalue weighted by Crippen LogP contribution is 2.39. The Kier molecular flexibility index (Phi) is 1.50. The van der Waals surface area contributed by atoms with Gasteiger partial charge in [-0.15, -0.1) is 0 Å². The molecule has 14 heavy (non-hydrogen) atoms. The van der Waals surface area contributed by atoms with Gasteiger partial charge in [-0.05, 0) is 30.5 Å². The van der Waals surface area contributed by atoms with E-state index >= 15 is 0 Å². The Morgan fingerprint density at radius 1 is 1.50 bits per heavy atom. The Hall–Kier alpha value is -1.29. The second-order valence-corrected chi connectivity index (χ2v) is 3.89. The fourth-order valence-electron chi connectivity index (χ4n) is 1.64. The molecule has 0 atom stereocenters. The van der Waals surface area contributed by atoms with E-state index in [1.165, 1.54) is 0 Å². The minimum atomic E-state index is 0.474. The second-order valence-electron chi connectivity index (χ2n) is 3.55. The number of hydrogen-bond donors (Lipinski definition) is 1. The molecule has 4 nitrogen and oxygen atoms in total. The molecule has 1 aliphatic carbocycles. The summed E-state index contributed by atoms with van der Waals surface area (Å²) in [6.45, 7) is 0. The van der Waals surface area contributed by atoms with E-state index in [0.29, 0.717) is 22.5 Å². The van der Waals surface area contributed by atoms with Crippen LogP contribution in [0.5, 0.6) is 0 Å². The van der Waals surface area contributed by atoms with Crippen molar-refractivity contribution < 1.29 is 0 Å². The first-order chi connectivity index (χ1) is 6.77. The fraction of sp³-hybridized carbons (Fsp3) is 0.333. The zero-order chi connectivity index (χ0) is 9.71. The summed E-state index contributed by atoms with van der Waals surface area (Å²) in [5.41, 5.74) is 7.94. The van der Waals surface area contributed by atoms with Gasteiger partial charge in [-0.1, -0.05) is 0 Å². The molecule has 1 fully saturated rings. The van der Waals surface area contributed by atoms with Crippen LogP contribution in [0.25, 0.3) is 11.2 Å². The van der Waals surface area contributed by atoms with Crippen molar-refractivity contribution in [3.8, 4) is 0 Å². The van der Waals surface area contributed by atoms with E-state index in [1.54, 1.807) is 12.3 Å². The van der Waals surface area contributed by atoms with E-state index in [4.69, 9.17) is 17.3 Å². The summed E-state index contributed by atoms with van der Waals surface area (Å²) in [5.74, 6) is 0. The van der Waals surface area contributed by atoms with Gasteiger partial charge in [0.05, 0.1) is 5.69 Å². The highest BCUT2D eigenvalue weighted by molar-refractivity contribution is 6.29. The topological polar surface area (TPSA) is 56.7 Å². The van der Waals surface area contributed by atoms with Crippen LogP contribution in [0.4, 0.5) is 5.69 Å². The number of hydrogen-bond acceptors (Lipinski definition) is 3. The maximum Gasteiger partial charge on any atom is 0.205 e. The second kappa shape index (κ2) is 2.60. The van der Waals surface area contributed by atoms with E-state index in [-0.39, 0.29) is 0 Å². The summed E-state index contributed by atoms with van der Waals surface area (Å²) >= 11 is 6.03. The number of nitrogen functional groups attached to an aromatic ring is 1. The lowest BCUT2D eigenvalue weighted by Gasteiger charge is -2.00. The molecule has 1 aliphatic rings. The number of imidazole rings is 1. The highest BCUT2D eigenvalue weighted by Gasteiger charge is 2.28. The van der Waals surface area contributed by atoms with Gasteiger partial charge in [0.25, 0.3) is 0 Å². The zero-order valence-electron chi connectivity index (χ0n) is 7.44. The number of nitrogens with two attached hydrogens (primary N) is 1. The molecule has 0 bridgehead atoms. The van der Waals surface area contributed by atoms with Gasteiger partial charge < -0.3 is 5.73 Å². The first-order valence-electron chi connectivity index (χ1n) is 4.55. The largest absolute Gasteiger partial charge is 0.397 e. The summed E-state index contributed by atoms with van der Waals surface area (Å²) in [6, 6.07) is 2.21. The van der Waals surface area contributed by atoms with E-state index in [9.17, 15) is 0 Å². The quantitative estimate of drug-likeness (QED) is 0.780. The van der Waals surface area contributed by atoms with Gasteiger partial charge in [-0.3, -0.25) is 4.57 Å². The van der Waals surface area contributed by atoms with Gasteiger partial charge >= 0.3 is 0 Å². The fourth-order valence-corrected chi connectivity index (χ4v) is 1.94. The van der Waals surface area contributed by atoms with Crippen LogP contribution in [0.1, 0.15) is 18.9 Å². The minimum Gasteiger partial charge on any atom is -0.397 e. The van der Waals surface area contributed by atoms with Crippen LogP contribution in [-0.2, 0) is 0 Å². The summed E-state index contributed by atoms with van der Waals surface area (Å²) in [5, 5.41) is 0.493. The monoisotopic (exact) mass is 208 g/mol. The molecule has 0 saturated heterocycles. The zero-order valence-corrected chi connectivity index (χ0v) is 8.20. The molecular weight excluding hydrogens is 200 g/mol.